The molecule has 0 amide bonds. The van der Waals surface area contributed by atoms with Crippen LogP contribution in [0.3, 0.4) is 0 Å². The molecule has 0 aliphatic carbocycles. The first-order valence-corrected chi connectivity index (χ1v) is 7.76. The van der Waals surface area contributed by atoms with Gasteiger partial charge in [0.2, 0.25) is 0 Å². The molecule has 0 fully saturated rings. The Bertz CT molecular complexity index is 664. The normalized spacial score (nSPS) is 10.6. The van der Waals surface area contributed by atoms with Gasteiger partial charge in [0.25, 0.3) is 5.56 Å². The van der Waals surface area contributed by atoms with Crippen LogP contribution in [-0.4, -0.2) is 11.2 Å². The smallest absolute Gasteiger partial charge is 0.255 e. The topological polar surface area (TPSA) is 31.2 Å². The van der Waals surface area contributed by atoms with Gasteiger partial charge in [0.1, 0.15) is 5.75 Å². The molecule has 1 aromatic heterocycles. The highest BCUT2D eigenvalue weighted by atomic mass is 35.5. The summed E-state index contributed by atoms with van der Waals surface area (Å²) in [6, 6.07) is 11.6. The summed E-state index contributed by atoms with van der Waals surface area (Å²) in [4.78, 5) is 12.4. The first-order chi connectivity index (χ1) is 10.2. The maximum absolute atomic E-state index is 12.4. The van der Waals surface area contributed by atoms with Crippen molar-refractivity contribution in [1.82, 2.24) is 4.57 Å². The van der Waals surface area contributed by atoms with Crippen LogP contribution in [0.2, 0.25) is 0 Å². The second-order valence-corrected chi connectivity index (χ2v) is 5.06. The van der Waals surface area contributed by atoms with Gasteiger partial charge in [-0.25, -0.2) is 0 Å². The number of rotatable bonds is 6. The molecule has 1 aromatic carbocycles. The van der Waals surface area contributed by atoms with E-state index in [1.807, 2.05) is 43.3 Å². The van der Waals surface area contributed by atoms with Crippen LogP contribution in [0, 0.1) is 0 Å². The Balaban J connectivity index is 2.55. The molecule has 0 atom stereocenters. The average molecular weight is 306 g/mol. The zero-order valence-electron chi connectivity index (χ0n) is 12.4. The summed E-state index contributed by atoms with van der Waals surface area (Å²) < 4.78 is 7.33. The fourth-order valence-electron chi connectivity index (χ4n) is 2.33. The number of ether oxygens (including phenoxy) is 1. The van der Waals surface area contributed by atoms with Crippen LogP contribution in [0.5, 0.6) is 5.75 Å². The molecular weight excluding hydrogens is 286 g/mol. The Morgan fingerprint density at radius 2 is 2.00 bits per heavy atom. The van der Waals surface area contributed by atoms with Gasteiger partial charge in [0, 0.05) is 17.7 Å². The summed E-state index contributed by atoms with van der Waals surface area (Å²) >= 11 is 5.84. The van der Waals surface area contributed by atoms with Gasteiger partial charge in [0.05, 0.1) is 18.2 Å². The number of halogens is 1. The fourth-order valence-corrected chi connectivity index (χ4v) is 2.54. The molecular formula is C17H20ClNO2. The van der Waals surface area contributed by atoms with Crippen molar-refractivity contribution < 1.29 is 4.74 Å². The third-order valence-electron chi connectivity index (χ3n) is 3.29. The summed E-state index contributed by atoms with van der Waals surface area (Å²) in [6.07, 6.45) is 0.893. The summed E-state index contributed by atoms with van der Waals surface area (Å²) in [5.41, 5.74) is 2.51. The van der Waals surface area contributed by atoms with Gasteiger partial charge >= 0.3 is 0 Å². The molecule has 0 spiro atoms. The van der Waals surface area contributed by atoms with E-state index in [4.69, 9.17) is 16.3 Å². The lowest BCUT2D eigenvalue weighted by atomic mass is 10.1. The second kappa shape index (κ2) is 7.32. The molecule has 4 heteroatoms. The van der Waals surface area contributed by atoms with Crippen LogP contribution in [0.4, 0.5) is 0 Å². The van der Waals surface area contributed by atoms with Crippen molar-refractivity contribution >= 4 is 11.6 Å². The van der Waals surface area contributed by atoms with E-state index in [0.717, 1.165) is 23.4 Å². The van der Waals surface area contributed by atoms with Gasteiger partial charge in [-0.15, -0.1) is 11.6 Å². The molecule has 0 unspecified atom stereocenters. The van der Waals surface area contributed by atoms with E-state index in [2.05, 4.69) is 6.92 Å². The van der Waals surface area contributed by atoms with E-state index in [-0.39, 0.29) is 11.4 Å². The molecule has 2 rings (SSSR count). The lowest BCUT2D eigenvalue weighted by molar-refractivity contribution is 0.340. The number of hydrogen-bond acceptors (Lipinski definition) is 2. The summed E-state index contributed by atoms with van der Waals surface area (Å²) in [7, 11) is 0. The van der Waals surface area contributed by atoms with Gasteiger partial charge < -0.3 is 9.30 Å². The van der Waals surface area contributed by atoms with Gasteiger partial charge in [-0.2, -0.15) is 0 Å². The van der Waals surface area contributed by atoms with Gasteiger partial charge in [-0.3, -0.25) is 4.79 Å². The Labute approximate surface area is 130 Å². The van der Waals surface area contributed by atoms with Crippen molar-refractivity contribution in [3.05, 3.63) is 52.3 Å². The second-order valence-electron chi connectivity index (χ2n) is 4.80. The standard InChI is InChI=1S/C17H20ClNO2/c1-3-10-19-16(9-8-14(12-18)17(19)20)13-6-5-7-15(11-13)21-4-2/h5-9,11H,3-4,10,12H2,1-2H3. The molecule has 0 N–H and O–H groups in total. The fraction of sp³-hybridized carbons (Fsp3) is 0.353. The third kappa shape index (κ3) is 3.48. The predicted molar refractivity (Wildman–Crippen MR) is 87.2 cm³/mol. The molecule has 2 aromatic rings. The number of aromatic nitrogens is 1. The number of nitrogens with zero attached hydrogens (tertiary/aromatic N) is 1. The molecule has 0 radical (unpaired) electrons. The maximum Gasteiger partial charge on any atom is 0.255 e. The first kappa shape index (κ1) is 15.6. The average Bonchev–Trinajstić information content (AvgIpc) is 2.50. The highest BCUT2D eigenvalue weighted by Crippen LogP contribution is 2.24. The van der Waals surface area contributed by atoms with E-state index < -0.39 is 0 Å². The lowest BCUT2D eigenvalue weighted by Crippen LogP contribution is -2.24. The molecule has 0 bridgehead atoms. The van der Waals surface area contributed by atoms with Crippen molar-refractivity contribution in [1.29, 1.82) is 0 Å². The summed E-state index contributed by atoms with van der Waals surface area (Å²) in [5, 5.41) is 0. The minimum absolute atomic E-state index is 0.00818. The number of hydrogen-bond donors (Lipinski definition) is 0. The SMILES string of the molecule is CCCn1c(-c2cccc(OCC)c2)ccc(CCl)c1=O. The molecule has 21 heavy (non-hydrogen) atoms. The van der Waals surface area contributed by atoms with Crippen molar-refractivity contribution in [3.8, 4) is 17.0 Å². The van der Waals surface area contributed by atoms with E-state index >= 15 is 0 Å². The highest BCUT2D eigenvalue weighted by molar-refractivity contribution is 6.17. The van der Waals surface area contributed by atoms with E-state index in [9.17, 15) is 4.79 Å². The van der Waals surface area contributed by atoms with Gasteiger partial charge in [-0.1, -0.05) is 25.1 Å². The van der Waals surface area contributed by atoms with Crippen molar-refractivity contribution in [2.45, 2.75) is 32.7 Å². The van der Waals surface area contributed by atoms with E-state index in [1.54, 1.807) is 4.57 Å². The van der Waals surface area contributed by atoms with E-state index in [1.165, 1.54) is 0 Å². The minimum Gasteiger partial charge on any atom is -0.494 e. The van der Waals surface area contributed by atoms with Crippen LogP contribution in [-0.2, 0) is 12.4 Å². The monoisotopic (exact) mass is 305 g/mol. The van der Waals surface area contributed by atoms with Gasteiger partial charge in [-0.05, 0) is 31.5 Å². The molecule has 3 nitrogen and oxygen atoms in total. The number of benzene rings is 1. The summed E-state index contributed by atoms with van der Waals surface area (Å²) in [5.74, 6) is 1.05. The van der Waals surface area contributed by atoms with Crippen LogP contribution in [0.1, 0.15) is 25.8 Å². The summed E-state index contributed by atoms with van der Waals surface area (Å²) in [6.45, 7) is 5.31. The quantitative estimate of drug-likeness (QED) is 0.754. The largest absolute Gasteiger partial charge is 0.494 e. The van der Waals surface area contributed by atoms with Crippen LogP contribution in [0.15, 0.2) is 41.2 Å². The molecule has 0 aliphatic rings. The first-order valence-electron chi connectivity index (χ1n) is 7.23. The molecule has 112 valence electrons. The number of alkyl halides is 1. The minimum atomic E-state index is -0.00818. The molecule has 0 saturated heterocycles. The Kier molecular flexibility index (Phi) is 5.45. The molecule has 0 saturated carbocycles. The number of pyridine rings is 1. The van der Waals surface area contributed by atoms with Gasteiger partial charge in [0.15, 0.2) is 0 Å². The third-order valence-corrected chi connectivity index (χ3v) is 3.57. The zero-order valence-corrected chi connectivity index (χ0v) is 13.2. The predicted octanol–water partition coefficient (Wildman–Crippen LogP) is 4.06. The highest BCUT2D eigenvalue weighted by Gasteiger charge is 2.10. The van der Waals surface area contributed by atoms with Crippen LogP contribution in [0.25, 0.3) is 11.3 Å². The maximum atomic E-state index is 12.4. The Morgan fingerprint density at radius 3 is 2.67 bits per heavy atom. The van der Waals surface area contributed by atoms with Crippen molar-refractivity contribution in [3.63, 3.8) is 0 Å². The van der Waals surface area contributed by atoms with Crippen molar-refractivity contribution in [2.24, 2.45) is 0 Å². The zero-order chi connectivity index (χ0) is 15.2. The molecule has 1 heterocycles. The van der Waals surface area contributed by atoms with Crippen molar-refractivity contribution in [2.75, 3.05) is 6.61 Å². The van der Waals surface area contributed by atoms with Crippen LogP contribution >= 0.6 is 11.6 Å². The van der Waals surface area contributed by atoms with E-state index in [0.29, 0.717) is 18.7 Å². The lowest BCUT2D eigenvalue weighted by Gasteiger charge is -2.14. The Morgan fingerprint density at radius 1 is 1.19 bits per heavy atom. The Hall–Kier alpha value is -1.74. The van der Waals surface area contributed by atoms with Crippen LogP contribution < -0.4 is 10.3 Å². The molecule has 0 aliphatic heterocycles.